The Kier molecular flexibility index (Phi) is 4.70. The predicted octanol–water partition coefficient (Wildman–Crippen LogP) is 3.22. The number of anilines is 1. The lowest BCUT2D eigenvalue weighted by molar-refractivity contribution is -0.137. The molecule has 0 unspecified atom stereocenters. The average Bonchev–Trinajstić information content (AvgIpc) is 2.29. The molecule has 0 bridgehead atoms. The van der Waals surface area contributed by atoms with E-state index in [2.05, 4.69) is 15.8 Å². The molecule has 0 aliphatic carbocycles. The largest absolute Gasteiger partial charge is 0.416 e. The van der Waals surface area contributed by atoms with E-state index in [-0.39, 0.29) is 5.69 Å². The van der Waals surface area contributed by atoms with Crippen molar-refractivity contribution < 1.29 is 18.0 Å². The SMILES string of the molecule is CC/C=N\NC(=O)Nc1ccc(C(F)(F)F)cc1. The summed E-state index contributed by atoms with van der Waals surface area (Å²) in [6.45, 7) is 1.85. The summed E-state index contributed by atoms with van der Waals surface area (Å²) >= 11 is 0. The monoisotopic (exact) mass is 259 g/mol. The molecule has 0 aromatic heterocycles. The van der Waals surface area contributed by atoms with E-state index in [0.29, 0.717) is 6.42 Å². The van der Waals surface area contributed by atoms with Crippen LogP contribution in [0.4, 0.5) is 23.7 Å². The Balaban J connectivity index is 2.59. The smallest absolute Gasteiger partial charge is 0.307 e. The highest BCUT2D eigenvalue weighted by Gasteiger charge is 2.29. The highest BCUT2D eigenvalue weighted by atomic mass is 19.4. The first-order valence-electron chi connectivity index (χ1n) is 5.19. The van der Waals surface area contributed by atoms with Gasteiger partial charge in [-0.2, -0.15) is 18.3 Å². The van der Waals surface area contributed by atoms with E-state index in [1.54, 1.807) is 0 Å². The van der Waals surface area contributed by atoms with Crippen LogP contribution in [0.3, 0.4) is 0 Å². The van der Waals surface area contributed by atoms with Crippen LogP contribution in [0.15, 0.2) is 29.4 Å². The minimum Gasteiger partial charge on any atom is -0.307 e. The van der Waals surface area contributed by atoms with Gasteiger partial charge in [0.05, 0.1) is 5.56 Å². The predicted molar refractivity (Wildman–Crippen MR) is 62.4 cm³/mol. The van der Waals surface area contributed by atoms with Gasteiger partial charge in [-0.25, -0.2) is 10.2 Å². The molecule has 18 heavy (non-hydrogen) atoms. The maximum absolute atomic E-state index is 12.3. The molecule has 0 aliphatic rings. The van der Waals surface area contributed by atoms with E-state index >= 15 is 0 Å². The van der Waals surface area contributed by atoms with Crippen molar-refractivity contribution in [1.29, 1.82) is 0 Å². The van der Waals surface area contributed by atoms with Gasteiger partial charge in [0, 0.05) is 11.9 Å². The number of hydrogen-bond acceptors (Lipinski definition) is 2. The summed E-state index contributed by atoms with van der Waals surface area (Å²) in [4.78, 5) is 11.2. The van der Waals surface area contributed by atoms with Crippen LogP contribution in [0.1, 0.15) is 18.9 Å². The van der Waals surface area contributed by atoms with Gasteiger partial charge in [-0.3, -0.25) is 0 Å². The molecule has 0 saturated carbocycles. The molecule has 7 heteroatoms. The second kappa shape index (κ2) is 6.04. The third kappa shape index (κ3) is 4.44. The number of carbonyl (C=O) groups is 1. The molecule has 0 atom stereocenters. The van der Waals surface area contributed by atoms with Gasteiger partial charge in [0.1, 0.15) is 0 Å². The van der Waals surface area contributed by atoms with Crippen LogP contribution < -0.4 is 10.7 Å². The zero-order chi connectivity index (χ0) is 13.6. The van der Waals surface area contributed by atoms with E-state index in [4.69, 9.17) is 0 Å². The third-order valence-electron chi connectivity index (χ3n) is 1.91. The van der Waals surface area contributed by atoms with Crippen molar-refractivity contribution in [3.05, 3.63) is 29.8 Å². The molecule has 0 radical (unpaired) electrons. The van der Waals surface area contributed by atoms with Crippen molar-refractivity contribution in [2.45, 2.75) is 19.5 Å². The van der Waals surface area contributed by atoms with Gasteiger partial charge in [-0.05, 0) is 30.7 Å². The first-order valence-corrected chi connectivity index (χ1v) is 5.19. The molecule has 1 aromatic rings. The Bertz CT molecular complexity index is 426. The Morgan fingerprint density at radius 1 is 1.33 bits per heavy atom. The third-order valence-corrected chi connectivity index (χ3v) is 1.91. The summed E-state index contributed by atoms with van der Waals surface area (Å²) in [6, 6.07) is 3.52. The number of nitrogens with one attached hydrogen (secondary N) is 2. The number of hydrogen-bond donors (Lipinski definition) is 2. The minimum atomic E-state index is -4.38. The normalized spacial score (nSPS) is 11.6. The maximum atomic E-state index is 12.3. The summed E-state index contributed by atoms with van der Waals surface area (Å²) in [7, 11) is 0. The Hall–Kier alpha value is -2.05. The Labute approximate surface area is 102 Å². The van der Waals surface area contributed by atoms with Crippen LogP contribution in [-0.2, 0) is 6.18 Å². The van der Waals surface area contributed by atoms with Crippen molar-refractivity contribution in [3.8, 4) is 0 Å². The highest BCUT2D eigenvalue weighted by Crippen LogP contribution is 2.29. The number of benzene rings is 1. The molecular formula is C11H12F3N3O. The number of alkyl halides is 3. The summed E-state index contributed by atoms with van der Waals surface area (Å²) in [5.41, 5.74) is 1.66. The van der Waals surface area contributed by atoms with Crippen LogP contribution in [0.25, 0.3) is 0 Å². The van der Waals surface area contributed by atoms with Crippen molar-refractivity contribution in [3.63, 3.8) is 0 Å². The zero-order valence-electron chi connectivity index (χ0n) is 9.58. The van der Waals surface area contributed by atoms with Gasteiger partial charge in [-0.1, -0.05) is 6.92 Å². The Morgan fingerprint density at radius 2 is 1.94 bits per heavy atom. The standard InChI is InChI=1S/C11H12F3N3O/c1-2-7-15-17-10(18)16-9-5-3-8(4-6-9)11(12,13)14/h3-7H,2H2,1H3,(H2,16,17,18)/b15-7-. The molecule has 0 heterocycles. The van der Waals surface area contributed by atoms with Crippen molar-refractivity contribution in [2.24, 2.45) is 5.10 Å². The van der Waals surface area contributed by atoms with Gasteiger partial charge in [0.15, 0.2) is 0 Å². The topological polar surface area (TPSA) is 53.5 Å². The lowest BCUT2D eigenvalue weighted by Crippen LogP contribution is -2.24. The molecule has 2 amide bonds. The number of hydrazone groups is 1. The lowest BCUT2D eigenvalue weighted by Gasteiger charge is -2.08. The number of carbonyl (C=O) groups excluding carboxylic acids is 1. The molecule has 0 spiro atoms. The van der Waals surface area contributed by atoms with Crippen molar-refractivity contribution in [1.82, 2.24) is 5.43 Å². The molecule has 2 N–H and O–H groups in total. The Morgan fingerprint density at radius 3 is 2.44 bits per heavy atom. The summed E-state index contributed by atoms with van der Waals surface area (Å²) in [6.07, 6.45) is -2.22. The molecule has 98 valence electrons. The molecule has 4 nitrogen and oxygen atoms in total. The fraction of sp³-hybridized carbons (Fsp3) is 0.273. The average molecular weight is 259 g/mol. The molecule has 0 fully saturated rings. The maximum Gasteiger partial charge on any atom is 0.416 e. The van der Waals surface area contributed by atoms with E-state index < -0.39 is 17.8 Å². The van der Waals surface area contributed by atoms with Gasteiger partial charge in [0.2, 0.25) is 0 Å². The van der Waals surface area contributed by atoms with E-state index in [9.17, 15) is 18.0 Å². The second-order valence-corrected chi connectivity index (χ2v) is 3.36. The van der Waals surface area contributed by atoms with Crippen molar-refractivity contribution >= 4 is 17.9 Å². The molecule has 0 aliphatic heterocycles. The van der Waals surface area contributed by atoms with Crippen LogP contribution in [0.2, 0.25) is 0 Å². The summed E-state index contributed by atoms with van der Waals surface area (Å²) < 4.78 is 36.8. The zero-order valence-corrected chi connectivity index (χ0v) is 9.58. The van der Waals surface area contributed by atoms with E-state index in [1.807, 2.05) is 6.92 Å². The fourth-order valence-electron chi connectivity index (χ4n) is 1.10. The van der Waals surface area contributed by atoms with E-state index in [0.717, 1.165) is 12.1 Å². The van der Waals surface area contributed by atoms with E-state index in [1.165, 1.54) is 18.3 Å². The molecular weight excluding hydrogens is 247 g/mol. The quantitative estimate of drug-likeness (QED) is 0.635. The second-order valence-electron chi connectivity index (χ2n) is 3.36. The van der Waals surface area contributed by atoms with Crippen molar-refractivity contribution in [2.75, 3.05) is 5.32 Å². The number of urea groups is 1. The van der Waals surface area contributed by atoms with Gasteiger partial charge < -0.3 is 5.32 Å². The lowest BCUT2D eigenvalue weighted by atomic mass is 10.2. The summed E-state index contributed by atoms with van der Waals surface area (Å²) in [5, 5.41) is 5.92. The molecule has 1 rings (SSSR count). The van der Waals surface area contributed by atoms with Crippen LogP contribution in [0, 0.1) is 0 Å². The number of amides is 2. The number of rotatable bonds is 3. The first kappa shape index (κ1) is 14.0. The van der Waals surface area contributed by atoms with Gasteiger partial charge in [-0.15, -0.1) is 0 Å². The number of halogens is 3. The van der Waals surface area contributed by atoms with Crippen LogP contribution >= 0.6 is 0 Å². The van der Waals surface area contributed by atoms with Gasteiger partial charge in [0.25, 0.3) is 0 Å². The van der Waals surface area contributed by atoms with Crippen LogP contribution in [0.5, 0.6) is 0 Å². The fourth-order valence-corrected chi connectivity index (χ4v) is 1.10. The van der Waals surface area contributed by atoms with Crippen LogP contribution in [-0.4, -0.2) is 12.2 Å². The summed E-state index contributed by atoms with van der Waals surface area (Å²) in [5.74, 6) is 0. The highest BCUT2D eigenvalue weighted by molar-refractivity contribution is 5.89. The molecule has 1 aromatic carbocycles. The first-order chi connectivity index (χ1) is 8.43. The van der Waals surface area contributed by atoms with Gasteiger partial charge >= 0.3 is 12.2 Å². The molecule has 0 saturated heterocycles. The number of nitrogens with zero attached hydrogens (tertiary/aromatic N) is 1. The minimum absolute atomic E-state index is 0.257.